The van der Waals surface area contributed by atoms with E-state index in [0.717, 1.165) is 49.3 Å². The van der Waals surface area contributed by atoms with Crippen molar-refractivity contribution in [2.24, 2.45) is 0 Å². The average Bonchev–Trinajstić information content (AvgIpc) is 2.99. The number of fused-ring (bicyclic) bond motifs is 1. The molecule has 3 aromatic heterocycles. The van der Waals surface area contributed by atoms with Gasteiger partial charge in [-0.2, -0.15) is 5.26 Å². The number of nitrogens with zero attached hydrogens (tertiary/aromatic N) is 6. The van der Waals surface area contributed by atoms with Gasteiger partial charge in [-0.15, -0.1) is 0 Å². The lowest BCUT2D eigenvalue weighted by Crippen LogP contribution is -2.38. The van der Waals surface area contributed by atoms with Crippen LogP contribution in [0.1, 0.15) is 24.2 Å². The molecule has 0 amide bonds. The summed E-state index contributed by atoms with van der Waals surface area (Å²) in [5, 5.41) is 12.5. The smallest absolute Gasteiger partial charge is 0.276 e. The van der Waals surface area contributed by atoms with Crippen LogP contribution in [0.4, 0.5) is 5.82 Å². The van der Waals surface area contributed by atoms with Crippen molar-refractivity contribution < 1.29 is 0 Å². The van der Waals surface area contributed by atoms with Gasteiger partial charge in [0.15, 0.2) is 5.52 Å². The third-order valence-corrected chi connectivity index (χ3v) is 6.97. The van der Waals surface area contributed by atoms with E-state index in [4.69, 9.17) is 15.2 Å². The number of nitriles is 1. The molecule has 1 fully saturated rings. The fourth-order valence-electron chi connectivity index (χ4n) is 4.96. The summed E-state index contributed by atoms with van der Waals surface area (Å²) in [7, 11) is 0. The predicted molar refractivity (Wildman–Crippen MR) is 150 cm³/mol. The summed E-state index contributed by atoms with van der Waals surface area (Å²) in [6, 6.07) is 24.2. The summed E-state index contributed by atoms with van der Waals surface area (Å²) in [6.07, 6.45) is 5.20. The van der Waals surface area contributed by atoms with Crippen LogP contribution in [0.25, 0.3) is 33.5 Å². The van der Waals surface area contributed by atoms with Crippen LogP contribution in [-0.4, -0.2) is 49.0 Å². The lowest BCUT2D eigenvalue weighted by atomic mass is 10.0. The predicted octanol–water partition coefficient (Wildman–Crippen LogP) is 4.39. The number of likely N-dealkylation sites (tertiary alicyclic amines) is 1. The highest BCUT2D eigenvalue weighted by Crippen LogP contribution is 2.30. The zero-order valence-corrected chi connectivity index (χ0v) is 21.2. The van der Waals surface area contributed by atoms with Crippen molar-refractivity contribution in [1.29, 1.82) is 5.26 Å². The van der Waals surface area contributed by atoms with Gasteiger partial charge in [-0.25, -0.2) is 19.9 Å². The van der Waals surface area contributed by atoms with Crippen LogP contribution in [0, 0.1) is 11.3 Å². The number of nitrogens with one attached hydrogen (secondary N) is 2. The van der Waals surface area contributed by atoms with Crippen LogP contribution in [0.3, 0.4) is 0 Å². The van der Waals surface area contributed by atoms with Gasteiger partial charge < -0.3 is 10.3 Å². The minimum absolute atomic E-state index is 0.181. The van der Waals surface area contributed by atoms with Crippen molar-refractivity contribution in [3.63, 3.8) is 0 Å². The van der Waals surface area contributed by atoms with Crippen molar-refractivity contribution in [2.75, 3.05) is 18.4 Å². The van der Waals surface area contributed by atoms with Gasteiger partial charge in [-0.3, -0.25) is 9.69 Å². The number of hydrogen-bond acceptors (Lipinski definition) is 8. The maximum atomic E-state index is 12.4. The fraction of sp³-hybridized carbons (Fsp3) is 0.200. The normalized spacial score (nSPS) is 14.2. The Hall–Kier alpha value is -4.94. The van der Waals surface area contributed by atoms with E-state index in [1.54, 1.807) is 24.5 Å². The molecule has 39 heavy (non-hydrogen) atoms. The van der Waals surface area contributed by atoms with Gasteiger partial charge >= 0.3 is 0 Å². The molecule has 1 saturated heterocycles. The topological polar surface area (TPSA) is 123 Å². The summed E-state index contributed by atoms with van der Waals surface area (Å²) in [5.41, 5.74) is 5.19. The Morgan fingerprint density at radius 2 is 1.67 bits per heavy atom. The number of anilines is 1. The molecule has 0 radical (unpaired) electrons. The Kier molecular flexibility index (Phi) is 6.76. The molecule has 1 aliphatic rings. The second kappa shape index (κ2) is 10.8. The van der Waals surface area contributed by atoms with Crippen molar-refractivity contribution in [1.82, 2.24) is 29.8 Å². The molecular weight excluding hydrogens is 488 g/mol. The third-order valence-electron chi connectivity index (χ3n) is 6.97. The van der Waals surface area contributed by atoms with Crippen LogP contribution in [0.5, 0.6) is 0 Å². The standard InChI is InChI=1S/C30H26N8O/c31-18-26-32-15-11-25(36-26)34-23-12-16-38(17-13-23)19-20-6-8-22(9-7-20)27-28(21-4-2-1-3-5-21)37-29-24(35-27)10-14-33-30(29)39/h1-11,14-15,23H,12-13,16-17,19H2,(H,33,39)(H,32,34,36). The number of hydrogen-bond donors (Lipinski definition) is 2. The summed E-state index contributed by atoms with van der Waals surface area (Å²) in [6.45, 7) is 2.81. The highest BCUT2D eigenvalue weighted by molar-refractivity contribution is 5.85. The van der Waals surface area contributed by atoms with Gasteiger partial charge in [0.1, 0.15) is 11.9 Å². The summed E-state index contributed by atoms with van der Waals surface area (Å²) >= 11 is 0. The molecule has 0 unspecified atom stereocenters. The Morgan fingerprint density at radius 1 is 0.923 bits per heavy atom. The van der Waals surface area contributed by atoms with Gasteiger partial charge in [-0.05, 0) is 30.5 Å². The fourth-order valence-corrected chi connectivity index (χ4v) is 4.96. The zero-order valence-electron chi connectivity index (χ0n) is 21.2. The molecule has 0 saturated carbocycles. The molecule has 0 bridgehead atoms. The van der Waals surface area contributed by atoms with E-state index in [0.29, 0.717) is 28.6 Å². The molecule has 6 rings (SSSR count). The maximum Gasteiger partial charge on any atom is 0.276 e. The van der Waals surface area contributed by atoms with E-state index in [1.165, 1.54) is 5.56 Å². The first kappa shape index (κ1) is 24.4. The lowest BCUT2D eigenvalue weighted by Gasteiger charge is -2.32. The molecule has 0 aliphatic carbocycles. The monoisotopic (exact) mass is 514 g/mol. The lowest BCUT2D eigenvalue weighted by molar-refractivity contribution is 0.211. The Morgan fingerprint density at radius 3 is 2.44 bits per heavy atom. The highest BCUT2D eigenvalue weighted by Gasteiger charge is 2.20. The number of piperidine rings is 1. The van der Waals surface area contributed by atoms with Crippen LogP contribution in [-0.2, 0) is 6.54 Å². The van der Waals surface area contributed by atoms with Crippen LogP contribution >= 0.6 is 0 Å². The second-order valence-electron chi connectivity index (χ2n) is 9.60. The van der Waals surface area contributed by atoms with Crippen molar-refractivity contribution in [3.05, 3.63) is 101 Å². The van der Waals surface area contributed by atoms with E-state index < -0.39 is 0 Å². The van der Waals surface area contributed by atoms with Gasteiger partial charge in [0.2, 0.25) is 5.82 Å². The van der Waals surface area contributed by atoms with E-state index in [-0.39, 0.29) is 11.4 Å². The number of aromatic nitrogens is 5. The summed E-state index contributed by atoms with van der Waals surface area (Å²) in [5.74, 6) is 0.881. The number of aromatic amines is 1. The maximum absolute atomic E-state index is 12.4. The summed E-state index contributed by atoms with van der Waals surface area (Å²) in [4.78, 5) is 35.3. The van der Waals surface area contributed by atoms with Crippen molar-refractivity contribution >= 4 is 16.9 Å². The second-order valence-corrected chi connectivity index (χ2v) is 9.60. The van der Waals surface area contributed by atoms with Gasteiger partial charge in [-0.1, -0.05) is 54.6 Å². The van der Waals surface area contributed by atoms with E-state index in [9.17, 15) is 4.79 Å². The molecule has 4 heterocycles. The van der Waals surface area contributed by atoms with E-state index >= 15 is 0 Å². The largest absolute Gasteiger partial charge is 0.367 e. The Labute approximate surface area is 225 Å². The minimum atomic E-state index is -0.248. The number of benzene rings is 2. The van der Waals surface area contributed by atoms with Crippen molar-refractivity contribution in [2.45, 2.75) is 25.4 Å². The van der Waals surface area contributed by atoms with Gasteiger partial charge in [0.05, 0.1) is 16.9 Å². The first-order chi connectivity index (χ1) is 19.2. The number of H-pyrrole nitrogens is 1. The van der Waals surface area contributed by atoms with Crippen LogP contribution in [0.15, 0.2) is 83.9 Å². The first-order valence-corrected chi connectivity index (χ1v) is 12.9. The third kappa shape index (κ3) is 5.37. The molecule has 0 atom stereocenters. The minimum Gasteiger partial charge on any atom is -0.367 e. The van der Waals surface area contributed by atoms with Gasteiger partial charge in [0, 0.05) is 49.2 Å². The molecule has 1 aliphatic heterocycles. The molecule has 192 valence electrons. The molecule has 9 nitrogen and oxygen atoms in total. The van der Waals surface area contributed by atoms with Crippen molar-refractivity contribution in [3.8, 4) is 28.6 Å². The quantitative estimate of drug-likeness (QED) is 0.342. The molecule has 9 heteroatoms. The van der Waals surface area contributed by atoms with Crippen LogP contribution < -0.4 is 10.9 Å². The molecular formula is C30H26N8O. The molecule has 2 N–H and O–H groups in total. The molecule has 2 aromatic carbocycles. The highest BCUT2D eigenvalue weighted by atomic mass is 16.1. The van der Waals surface area contributed by atoms with Gasteiger partial charge in [0.25, 0.3) is 5.56 Å². The molecule has 5 aromatic rings. The van der Waals surface area contributed by atoms with E-state index in [1.807, 2.05) is 36.4 Å². The Bertz CT molecular complexity index is 1700. The number of pyridine rings is 1. The average molecular weight is 515 g/mol. The first-order valence-electron chi connectivity index (χ1n) is 12.9. The summed E-state index contributed by atoms with van der Waals surface area (Å²) < 4.78 is 0. The SMILES string of the molecule is N#Cc1nccc(NC2CCN(Cc3ccc(-c4nc5cc[nH]c(=O)c5nc4-c4ccccc4)cc3)CC2)n1. The zero-order chi connectivity index (χ0) is 26.6. The number of rotatable bonds is 6. The van der Waals surface area contributed by atoms with Crippen LogP contribution in [0.2, 0.25) is 0 Å². The molecule has 0 spiro atoms. The Balaban J connectivity index is 1.17. The van der Waals surface area contributed by atoms with E-state index in [2.05, 4.69) is 49.4 Å².